The fourth-order valence-corrected chi connectivity index (χ4v) is 4.71. The third-order valence-corrected chi connectivity index (χ3v) is 6.72. The van der Waals surface area contributed by atoms with E-state index < -0.39 is 33.2 Å². The highest BCUT2D eigenvalue weighted by Crippen LogP contribution is 2.45. The van der Waals surface area contributed by atoms with Crippen LogP contribution in [0.5, 0.6) is 5.75 Å². The van der Waals surface area contributed by atoms with Crippen LogP contribution in [-0.4, -0.2) is 38.2 Å². The highest BCUT2D eigenvalue weighted by Gasteiger charge is 2.61. The lowest BCUT2D eigenvalue weighted by Crippen LogP contribution is -2.52. The van der Waals surface area contributed by atoms with Gasteiger partial charge in [-0.05, 0) is 58.6 Å². The molecule has 2 N–H and O–H groups in total. The second-order valence-corrected chi connectivity index (χ2v) is 11.0. The van der Waals surface area contributed by atoms with E-state index in [4.69, 9.17) is 9.47 Å². The van der Waals surface area contributed by atoms with Gasteiger partial charge in [0.1, 0.15) is 16.9 Å². The molecule has 0 aromatic heterocycles. The Morgan fingerprint density at radius 1 is 1.22 bits per heavy atom. The van der Waals surface area contributed by atoms with Gasteiger partial charge in [0.2, 0.25) is 0 Å². The number of carbonyl (C=O) groups excluding carboxylic acids is 2. The van der Waals surface area contributed by atoms with E-state index in [1.165, 1.54) is 12.1 Å². The van der Waals surface area contributed by atoms with Gasteiger partial charge in [-0.2, -0.15) is 0 Å². The zero-order chi connectivity index (χ0) is 23.4. The summed E-state index contributed by atoms with van der Waals surface area (Å²) < 4.78 is 38.9. The molecule has 2 aliphatic rings. The summed E-state index contributed by atoms with van der Waals surface area (Å²) in [5.41, 5.74) is -2.12. The Balaban J connectivity index is 1.86. The summed E-state index contributed by atoms with van der Waals surface area (Å²) in [6, 6.07) is 6.04. The summed E-state index contributed by atoms with van der Waals surface area (Å²) in [4.78, 5) is 25.4. The second kappa shape index (κ2) is 9.52. The number of hydrogen-bond acceptors (Lipinski definition) is 6. The van der Waals surface area contributed by atoms with E-state index in [9.17, 15) is 18.0 Å². The molecule has 1 saturated carbocycles. The number of alkyl carbamates (subject to hydrolysis) is 1. The lowest BCUT2D eigenvalue weighted by molar-refractivity contribution is -0.122. The van der Waals surface area contributed by atoms with Crippen molar-refractivity contribution >= 4 is 22.0 Å². The van der Waals surface area contributed by atoms with Gasteiger partial charge >= 0.3 is 6.09 Å². The van der Waals surface area contributed by atoms with E-state index in [2.05, 4.69) is 10.0 Å². The summed E-state index contributed by atoms with van der Waals surface area (Å²) in [5, 5.41) is 2.62. The first kappa shape index (κ1) is 24.1. The molecular formula is C23H32N2O6S. The largest absolute Gasteiger partial charge is 0.494 e. The molecule has 2 amide bonds. The quantitative estimate of drug-likeness (QED) is 0.614. The molecule has 176 valence electrons. The molecule has 8 nitrogen and oxygen atoms in total. The number of rotatable bonds is 1. The molecule has 1 fully saturated rings. The Bertz CT molecular complexity index is 982. The van der Waals surface area contributed by atoms with Crippen molar-refractivity contribution in [1.82, 2.24) is 10.0 Å². The Labute approximate surface area is 189 Å². The van der Waals surface area contributed by atoms with Crippen LogP contribution in [0, 0.1) is 5.92 Å². The van der Waals surface area contributed by atoms with Crippen LogP contribution >= 0.6 is 0 Å². The molecule has 1 aliphatic heterocycles. The molecule has 9 heteroatoms. The van der Waals surface area contributed by atoms with Crippen LogP contribution in [0.15, 0.2) is 41.3 Å². The van der Waals surface area contributed by atoms with Crippen molar-refractivity contribution in [2.75, 3.05) is 6.61 Å². The third-order valence-electron chi connectivity index (χ3n) is 5.39. The maximum Gasteiger partial charge on any atom is 0.408 e. The van der Waals surface area contributed by atoms with Crippen LogP contribution in [0.3, 0.4) is 0 Å². The average Bonchev–Trinajstić information content (AvgIpc) is 3.38. The number of ether oxygens (including phenoxy) is 2. The van der Waals surface area contributed by atoms with Crippen molar-refractivity contribution in [3.63, 3.8) is 0 Å². The lowest BCUT2D eigenvalue weighted by Gasteiger charge is -2.23. The zero-order valence-corrected chi connectivity index (χ0v) is 19.7. The summed E-state index contributed by atoms with van der Waals surface area (Å²) in [5.74, 6) is -0.665. The second-order valence-electron chi connectivity index (χ2n) is 9.30. The Kier molecular flexibility index (Phi) is 7.17. The van der Waals surface area contributed by atoms with E-state index in [1.807, 2.05) is 12.2 Å². The van der Waals surface area contributed by atoms with Crippen LogP contribution in [0.4, 0.5) is 4.79 Å². The van der Waals surface area contributed by atoms with E-state index in [1.54, 1.807) is 32.9 Å². The van der Waals surface area contributed by atoms with Gasteiger partial charge in [0.15, 0.2) is 0 Å². The number of carbonyl (C=O) groups is 2. The van der Waals surface area contributed by atoms with Gasteiger partial charge in [0.25, 0.3) is 15.9 Å². The zero-order valence-electron chi connectivity index (χ0n) is 18.8. The molecule has 1 aliphatic carbocycles. The van der Waals surface area contributed by atoms with E-state index in [0.717, 1.165) is 32.1 Å². The van der Waals surface area contributed by atoms with E-state index in [-0.39, 0.29) is 10.8 Å². The van der Waals surface area contributed by atoms with Gasteiger partial charge in [-0.15, -0.1) is 0 Å². The Hall–Kier alpha value is -2.55. The summed E-state index contributed by atoms with van der Waals surface area (Å²) >= 11 is 0. The number of fused-ring (bicyclic) bond motifs is 3. The van der Waals surface area contributed by atoms with Crippen molar-refractivity contribution in [2.24, 2.45) is 5.92 Å². The molecule has 0 unspecified atom stereocenters. The minimum absolute atomic E-state index is 0.0761. The van der Waals surface area contributed by atoms with Crippen LogP contribution < -0.4 is 14.8 Å². The van der Waals surface area contributed by atoms with E-state index >= 15 is 0 Å². The third kappa shape index (κ3) is 6.25. The van der Waals surface area contributed by atoms with Crippen molar-refractivity contribution in [3.8, 4) is 5.75 Å². The highest BCUT2D eigenvalue weighted by molar-refractivity contribution is 7.90. The Morgan fingerprint density at radius 3 is 2.72 bits per heavy atom. The van der Waals surface area contributed by atoms with Gasteiger partial charge in [-0.25, -0.2) is 17.9 Å². The van der Waals surface area contributed by atoms with Gasteiger partial charge < -0.3 is 14.8 Å². The molecular weight excluding hydrogens is 432 g/mol. The number of hydrogen-bond donors (Lipinski definition) is 2. The Morgan fingerprint density at radius 2 is 1.97 bits per heavy atom. The van der Waals surface area contributed by atoms with E-state index in [0.29, 0.717) is 18.8 Å². The number of allylic oxidation sites excluding steroid dienone is 1. The standard InChI is InChI=1S/C23H32N2O6S/c1-22(2,3)31-21(27)24-23-16-17(23)11-8-6-4-5-7-9-14-30-18-12-10-13-19(15-18)32(28,29)25-20(23)26/h8,10-13,15,17H,4-7,9,14,16H2,1-3H3,(H,24,27)(H,25,26)/b11-8+/t17-,23-/m1/s1. The summed E-state index contributed by atoms with van der Waals surface area (Å²) in [7, 11) is -4.15. The molecule has 3 rings (SSSR count). The first-order valence-corrected chi connectivity index (χ1v) is 12.5. The molecule has 0 spiro atoms. The van der Waals surface area contributed by atoms with Crippen molar-refractivity contribution in [2.45, 2.75) is 75.3 Å². The monoisotopic (exact) mass is 464 g/mol. The van der Waals surface area contributed by atoms with Gasteiger partial charge in [0, 0.05) is 12.0 Å². The SMILES string of the molecule is CC(C)(C)OC(=O)N[C@]12C[C@H]1/C=C/CCCCCCOc1cccc(c1)S(=O)(=O)NC2=O. The fourth-order valence-electron chi connectivity index (χ4n) is 3.64. The predicted octanol–water partition coefficient (Wildman–Crippen LogP) is 3.67. The van der Waals surface area contributed by atoms with Crippen molar-refractivity contribution < 1.29 is 27.5 Å². The minimum Gasteiger partial charge on any atom is -0.494 e. The fraction of sp³-hybridized carbons (Fsp3) is 0.565. The minimum atomic E-state index is -4.15. The van der Waals surface area contributed by atoms with Gasteiger partial charge in [0.05, 0.1) is 11.5 Å². The number of amides is 2. The molecule has 1 heterocycles. The smallest absolute Gasteiger partial charge is 0.408 e. The molecule has 1 aromatic rings. The predicted molar refractivity (Wildman–Crippen MR) is 120 cm³/mol. The molecule has 2 atom stereocenters. The molecule has 2 bridgehead atoms. The molecule has 32 heavy (non-hydrogen) atoms. The maximum absolute atomic E-state index is 13.1. The number of nitrogens with one attached hydrogen (secondary N) is 2. The lowest BCUT2D eigenvalue weighted by atomic mass is 10.1. The highest BCUT2D eigenvalue weighted by atomic mass is 32.2. The van der Waals surface area contributed by atoms with Crippen LogP contribution in [0.25, 0.3) is 0 Å². The first-order chi connectivity index (χ1) is 15.0. The van der Waals surface area contributed by atoms with Gasteiger partial charge in [-0.1, -0.05) is 31.1 Å². The molecule has 0 saturated heterocycles. The summed E-state index contributed by atoms with van der Waals surface area (Å²) in [6.07, 6.45) is 8.20. The maximum atomic E-state index is 13.1. The normalized spacial score (nSPS) is 27.0. The van der Waals surface area contributed by atoms with Crippen molar-refractivity contribution in [1.29, 1.82) is 0 Å². The number of benzene rings is 1. The van der Waals surface area contributed by atoms with Crippen LogP contribution in [0.2, 0.25) is 0 Å². The topological polar surface area (TPSA) is 111 Å². The number of sulfonamides is 1. The molecule has 1 aromatic carbocycles. The van der Waals surface area contributed by atoms with Crippen LogP contribution in [0.1, 0.15) is 59.3 Å². The van der Waals surface area contributed by atoms with Gasteiger partial charge in [-0.3, -0.25) is 4.79 Å². The first-order valence-electron chi connectivity index (χ1n) is 11.0. The van der Waals surface area contributed by atoms with Crippen LogP contribution in [-0.2, 0) is 19.6 Å². The molecule has 0 radical (unpaired) electrons. The average molecular weight is 465 g/mol. The van der Waals surface area contributed by atoms with Crippen molar-refractivity contribution in [3.05, 3.63) is 36.4 Å². The summed E-state index contributed by atoms with van der Waals surface area (Å²) in [6.45, 7) is 5.65.